The highest BCUT2D eigenvalue weighted by Crippen LogP contribution is 2.34. The quantitative estimate of drug-likeness (QED) is 0.434. The van der Waals surface area contributed by atoms with Gasteiger partial charge >= 0.3 is 0 Å². The van der Waals surface area contributed by atoms with Crippen molar-refractivity contribution in [1.82, 2.24) is 29.6 Å². The van der Waals surface area contributed by atoms with Gasteiger partial charge < -0.3 is 15.4 Å². The molecule has 1 amide bonds. The molecular formula is C27H30N8O2. The predicted molar refractivity (Wildman–Crippen MR) is 140 cm³/mol. The SMILES string of the molecule is COc1cc2nn(C3CCC(N4CCNCC4)CC3)cc2cc1NC(=O)c1ccc2cc(C#N)cnn12. The summed E-state index contributed by atoms with van der Waals surface area (Å²) in [6.45, 7) is 4.46. The minimum atomic E-state index is -0.312. The Hall–Kier alpha value is -3.94. The van der Waals surface area contributed by atoms with Crippen LogP contribution >= 0.6 is 0 Å². The van der Waals surface area contributed by atoms with E-state index in [1.54, 1.807) is 25.3 Å². The maximum atomic E-state index is 13.1. The third kappa shape index (κ3) is 4.52. The van der Waals surface area contributed by atoms with Crippen LogP contribution in [0.1, 0.15) is 47.8 Å². The lowest BCUT2D eigenvalue weighted by atomic mass is 9.90. The Kier molecular flexibility index (Phi) is 6.24. The molecule has 1 saturated heterocycles. The van der Waals surface area contributed by atoms with Gasteiger partial charge in [0.05, 0.1) is 41.6 Å². The molecule has 0 spiro atoms. The summed E-state index contributed by atoms with van der Waals surface area (Å²) in [7, 11) is 1.59. The van der Waals surface area contributed by atoms with Gasteiger partial charge in [0.1, 0.15) is 17.5 Å². The monoisotopic (exact) mass is 498 g/mol. The van der Waals surface area contributed by atoms with Crippen molar-refractivity contribution in [3.05, 3.63) is 54.0 Å². The van der Waals surface area contributed by atoms with Crippen LogP contribution in [0.3, 0.4) is 0 Å². The van der Waals surface area contributed by atoms with Crippen LogP contribution in [0.4, 0.5) is 5.69 Å². The molecule has 4 heterocycles. The van der Waals surface area contributed by atoms with Gasteiger partial charge in [0.15, 0.2) is 0 Å². The number of nitrogens with one attached hydrogen (secondary N) is 2. The first-order valence-electron chi connectivity index (χ1n) is 12.8. The molecule has 10 nitrogen and oxygen atoms in total. The van der Waals surface area contributed by atoms with Crippen LogP contribution in [0.15, 0.2) is 42.7 Å². The number of rotatable bonds is 5. The van der Waals surface area contributed by atoms with Crippen molar-refractivity contribution in [2.45, 2.75) is 37.8 Å². The van der Waals surface area contributed by atoms with Crippen LogP contribution in [0.25, 0.3) is 16.4 Å². The zero-order valence-electron chi connectivity index (χ0n) is 20.9. The third-order valence-corrected chi connectivity index (χ3v) is 7.66. The summed E-state index contributed by atoms with van der Waals surface area (Å²) in [6, 6.07) is 12.1. The van der Waals surface area contributed by atoms with Crippen LogP contribution < -0.4 is 15.4 Å². The Bertz CT molecular complexity index is 1490. The summed E-state index contributed by atoms with van der Waals surface area (Å²) in [5.41, 5.74) is 2.92. The van der Waals surface area contributed by atoms with Gasteiger partial charge in [-0.2, -0.15) is 15.5 Å². The van der Waals surface area contributed by atoms with E-state index in [0.717, 1.165) is 49.9 Å². The van der Waals surface area contributed by atoms with Gasteiger partial charge in [-0.1, -0.05) is 0 Å². The minimum Gasteiger partial charge on any atom is -0.494 e. The molecular weight excluding hydrogens is 468 g/mol. The molecule has 0 bridgehead atoms. The average Bonchev–Trinajstić information content (AvgIpc) is 3.56. The molecule has 6 rings (SSSR count). The fraction of sp³-hybridized carbons (Fsp3) is 0.407. The number of ether oxygens (including phenoxy) is 1. The summed E-state index contributed by atoms with van der Waals surface area (Å²) in [4.78, 5) is 15.8. The van der Waals surface area contributed by atoms with Crippen molar-refractivity contribution in [1.29, 1.82) is 5.26 Å². The van der Waals surface area contributed by atoms with Crippen LogP contribution in [0.2, 0.25) is 0 Å². The smallest absolute Gasteiger partial charge is 0.274 e. The molecule has 1 aliphatic heterocycles. The van der Waals surface area contributed by atoms with E-state index in [9.17, 15) is 4.79 Å². The topological polar surface area (TPSA) is 113 Å². The molecule has 3 aromatic heterocycles. The van der Waals surface area contributed by atoms with Crippen molar-refractivity contribution in [3.63, 3.8) is 0 Å². The second kappa shape index (κ2) is 9.84. The maximum Gasteiger partial charge on any atom is 0.274 e. The fourth-order valence-electron chi connectivity index (χ4n) is 5.68. The van der Waals surface area contributed by atoms with Gasteiger partial charge in [0.25, 0.3) is 5.91 Å². The number of carbonyl (C=O) groups excluding carboxylic acids is 1. The number of nitriles is 1. The fourth-order valence-corrected chi connectivity index (χ4v) is 5.68. The second-order valence-corrected chi connectivity index (χ2v) is 9.83. The van der Waals surface area contributed by atoms with E-state index in [1.807, 2.05) is 12.1 Å². The Morgan fingerprint density at radius 1 is 1.14 bits per heavy atom. The summed E-state index contributed by atoms with van der Waals surface area (Å²) < 4.78 is 9.21. The second-order valence-electron chi connectivity index (χ2n) is 9.83. The first-order valence-corrected chi connectivity index (χ1v) is 12.8. The number of aromatic nitrogens is 4. The van der Waals surface area contributed by atoms with Gasteiger partial charge in [-0.15, -0.1) is 0 Å². The molecule has 2 aliphatic rings. The highest BCUT2D eigenvalue weighted by atomic mass is 16.5. The number of nitrogens with zero attached hydrogens (tertiary/aromatic N) is 6. The zero-order valence-corrected chi connectivity index (χ0v) is 20.9. The molecule has 0 atom stereocenters. The van der Waals surface area contributed by atoms with Crippen molar-refractivity contribution in [2.24, 2.45) is 0 Å². The molecule has 0 unspecified atom stereocenters. The number of piperazine rings is 1. The molecule has 1 aliphatic carbocycles. The number of amides is 1. The van der Waals surface area contributed by atoms with Crippen LogP contribution in [0.5, 0.6) is 5.75 Å². The molecule has 1 aromatic carbocycles. The number of hydrogen-bond donors (Lipinski definition) is 2. The lowest BCUT2D eigenvalue weighted by Gasteiger charge is -2.39. The molecule has 37 heavy (non-hydrogen) atoms. The van der Waals surface area contributed by atoms with Crippen molar-refractivity contribution in [3.8, 4) is 11.8 Å². The lowest BCUT2D eigenvalue weighted by molar-refractivity contribution is 0.102. The molecule has 4 aromatic rings. The van der Waals surface area contributed by atoms with E-state index in [4.69, 9.17) is 15.1 Å². The first kappa shape index (κ1) is 23.5. The standard InChI is InChI=1S/C27H30N8O2/c1-37-26-14-23-19(17-34(32-23)21-4-2-20(3-5-21)33-10-8-29-9-11-33)13-24(26)31-27(36)25-7-6-22-12-18(15-28)16-30-35(22)25/h6-7,12-14,16-17,20-21,29H,2-5,8-11H2,1H3,(H,31,36). The highest BCUT2D eigenvalue weighted by molar-refractivity contribution is 6.05. The van der Waals surface area contributed by atoms with E-state index in [2.05, 4.69) is 37.6 Å². The van der Waals surface area contributed by atoms with Crippen molar-refractivity contribution in [2.75, 3.05) is 38.6 Å². The molecule has 190 valence electrons. The van der Waals surface area contributed by atoms with Crippen LogP contribution in [-0.4, -0.2) is 69.5 Å². The number of benzene rings is 1. The van der Waals surface area contributed by atoms with Gasteiger partial charge in [-0.25, -0.2) is 4.52 Å². The molecule has 10 heteroatoms. The Balaban J connectivity index is 1.20. The van der Waals surface area contributed by atoms with Gasteiger partial charge in [0.2, 0.25) is 0 Å². The number of hydrogen-bond acceptors (Lipinski definition) is 7. The number of fused-ring (bicyclic) bond motifs is 2. The number of carbonyl (C=O) groups is 1. The normalized spacial score (nSPS) is 20.6. The average molecular weight is 499 g/mol. The maximum absolute atomic E-state index is 13.1. The summed E-state index contributed by atoms with van der Waals surface area (Å²) >= 11 is 0. The van der Waals surface area contributed by atoms with E-state index in [1.165, 1.54) is 23.6 Å². The largest absolute Gasteiger partial charge is 0.494 e. The lowest BCUT2D eigenvalue weighted by Crippen LogP contribution is -2.49. The molecule has 0 radical (unpaired) electrons. The van der Waals surface area contributed by atoms with Gasteiger partial charge in [0, 0.05) is 49.9 Å². The van der Waals surface area contributed by atoms with Crippen molar-refractivity contribution >= 4 is 28.0 Å². The Morgan fingerprint density at radius 3 is 2.68 bits per heavy atom. The number of methoxy groups -OCH3 is 1. The predicted octanol–water partition coefficient (Wildman–Crippen LogP) is 3.21. The summed E-state index contributed by atoms with van der Waals surface area (Å²) in [5, 5.41) is 25.6. The zero-order chi connectivity index (χ0) is 25.4. The van der Waals surface area contributed by atoms with E-state index in [0.29, 0.717) is 40.3 Å². The van der Waals surface area contributed by atoms with Crippen LogP contribution in [-0.2, 0) is 0 Å². The summed E-state index contributed by atoms with van der Waals surface area (Å²) in [6.07, 6.45) is 8.15. The van der Waals surface area contributed by atoms with E-state index >= 15 is 0 Å². The third-order valence-electron chi connectivity index (χ3n) is 7.66. The van der Waals surface area contributed by atoms with Gasteiger partial charge in [-0.3, -0.25) is 14.4 Å². The van der Waals surface area contributed by atoms with Gasteiger partial charge in [-0.05, 0) is 49.9 Å². The molecule has 2 fully saturated rings. The molecule has 2 N–H and O–H groups in total. The van der Waals surface area contributed by atoms with E-state index < -0.39 is 0 Å². The number of anilines is 1. The highest BCUT2D eigenvalue weighted by Gasteiger charge is 2.28. The first-order chi connectivity index (χ1) is 18.1. The Morgan fingerprint density at radius 2 is 1.92 bits per heavy atom. The van der Waals surface area contributed by atoms with E-state index in [-0.39, 0.29) is 5.91 Å². The summed E-state index contributed by atoms with van der Waals surface area (Å²) in [5.74, 6) is 0.239. The van der Waals surface area contributed by atoms with Crippen molar-refractivity contribution < 1.29 is 9.53 Å². The Labute approximate surface area is 214 Å². The van der Waals surface area contributed by atoms with Crippen LogP contribution in [0, 0.1) is 11.3 Å². The minimum absolute atomic E-state index is 0.312. The molecule has 1 saturated carbocycles.